The maximum absolute atomic E-state index is 13.1. The summed E-state index contributed by atoms with van der Waals surface area (Å²) in [7, 11) is 0. The van der Waals surface area contributed by atoms with Gasteiger partial charge in [-0.3, -0.25) is 9.59 Å². The first kappa shape index (κ1) is 28.0. The van der Waals surface area contributed by atoms with Crippen LogP contribution >= 0.6 is 11.6 Å². The van der Waals surface area contributed by atoms with E-state index in [1.807, 2.05) is 0 Å². The van der Waals surface area contributed by atoms with Gasteiger partial charge in [-0.1, -0.05) is 23.7 Å². The predicted octanol–water partition coefficient (Wildman–Crippen LogP) is 5.22. The van der Waals surface area contributed by atoms with Crippen molar-refractivity contribution in [3.8, 4) is 5.75 Å². The van der Waals surface area contributed by atoms with Gasteiger partial charge in [0.2, 0.25) is 0 Å². The van der Waals surface area contributed by atoms with Crippen molar-refractivity contribution in [1.29, 1.82) is 0 Å². The minimum absolute atomic E-state index is 0.0604. The zero-order valence-corrected chi connectivity index (χ0v) is 19.9. The van der Waals surface area contributed by atoms with Gasteiger partial charge in [0.25, 0.3) is 11.8 Å². The van der Waals surface area contributed by atoms with Crippen molar-refractivity contribution in [2.24, 2.45) is 4.99 Å². The van der Waals surface area contributed by atoms with Crippen molar-refractivity contribution < 1.29 is 40.7 Å². The molecule has 198 valence electrons. The molecular formula is C24H20ClF6N3O3. The third kappa shape index (κ3) is 7.25. The van der Waals surface area contributed by atoms with E-state index in [1.54, 1.807) is 24.3 Å². The third-order valence-corrected chi connectivity index (χ3v) is 5.61. The molecule has 37 heavy (non-hydrogen) atoms. The second-order valence-electron chi connectivity index (χ2n) is 8.19. The number of carbonyl (C=O) groups excluding carboxylic acids is 2. The van der Waals surface area contributed by atoms with E-state index < -0.39 is 46.6 Å². The number of ether oxygens (including phenoxy) is 1. The second-order valence-corrected chi connectivity index (χ2v) is 8.62. The van der Waals surface area contributed by atoms with Gasteiger partial charge in [-0.25, -0.2) is 4.99 Å². The molecular weight excluding hydrogens is 528 g/mol. The molecule has 0 aromatic heterocycles. The number of alkyl halides is 6. The molecule has 0 aliphatic carbocycles. The highest BCUT2D eigenvalue weighted by atomic mass is 35.5. The molecule has 0 fully saturated rings. The molecule has 2 N–H and O–H groups in total. The number of allylic oxidation sites excluding steroid dienone is 1. The van der Waals surface area contributed by atoms with Crippen molar-refractivity contribution in [2.75, 3.05) is 6.54 Å². The third-order valence-electron chi connectivity index (χ3n) is 5.36. The maximum atomic E-state index is 13.1. The number of carbonyl (C=O) groups is 2. The molecule has 1 aliphatic heterocycles. The zero-order chi connectivity index (χ0) is 27.4. The van der Waals surface area contributed by atoms with E-state index in [0.29, 0.717) is 16.8 Å². The van der Waals surface area contributed by atoms with E-state index in [9.17, 15) is 35.9 Å². The predicted molar refractivity (Wildman–Crippen MR) is 123 cm³/mol. The summed E-state index contributed by atoms with van der Waals surface area (Å²) in [5.74, 6) is -1.82. The monoisotopic (exact) mass is 547 g/mol. The zero-order valence-electron chi connectivity index (χ0n) is 19.1. The molecule has 1 atom stereocenters. The lowest BCUT2D eigenvalue weighted by Crippen LogP contribution is -2.50. The minimum Gasteiger partial charge on any atom is -0.478 e. The van der Waals surface area contributed by atoms with E-state index in [2.05, 4.69) is 15.6 Å². The fourth-order valence-electron chi connectivity index (χ4n) is 3.23. The van der Waals surface area contributed by atoms with Crippen LogP contribution in [0, 0.1) is 0 Å². The van der Waals surface area contributed by atoms with Crippen molar-refractivity contribution in [2.45, 2.75) is 37.8 Å². The number of nitrogens with one attached hydrogen (secondary N) is 2. The SMILES string of the molecule is CC(CCNC(=O)C1=C(C(F)(F)F)C=N1)(Oc1ccc(C(F)(F)F)cc1)C(=O)NCc1ccc(Cl)cc1. The fraction of sp³-hybridized carbons (Fsp3) is 0.292. The summed E-state index contributed by atoms with van der Waals surface area (Å²) in [6.45, 7) is 1.11. The lowest BCUT2D eigenvalue weighted by atomic mass is 10.00. The second kappa shape index (κ2) is 10.8. The number of hydrogen-bond donors (Lipinski definition) is 2. The van der Waals surface area contributed by atoms with E-state index in [0.717, 1.165) is 24.3 Å². The average Bonchev–Trinajstić information content (AvgIpc) is 2.76. The molecule has 0 radical (unpaired) electrons. The van der Waals surface area contributed by atoms with Crippen molar-refractivity contribution in [3.63, 3.8) is 0 Å². The summed E-state index contributed by atoms with van der Waals surface area (Å²) in [5.41, 5.74) is -3.91. The van der Waals surface area contributed by atoms with E-state index in [4.69, 9.17) is 16.3 Å². The summed E-state index contributed by atoms with van der Waals surface area (Å²) >= 11 is 5.84. The van der Waals surface area contributed by atoms with Crippen molar-refractivity contribution >= 4 is 29.6 Å². The molecule has 0 bridgehead atoms. The first-order valence-corrected chi connectivity index (χ1v) is 11.1. The minimum atomic E-state index is -4.74. The Morgan fingerprint density at radius 1 is 0.919 bits per heavy atom. The summed E-state index contributed by atoms with van der Waals surface area (Å²) in [5, 5.41) is 5.39. The molecule has 0 saturated heterocycles. The van der Waals surface area contributed by atoms with Crippen LogP contribution in [0.2, 0.25) is 5.02 Å². The Morgan fingerprint density at radius 2 is 1.54 bits per heavy atom. The van der Waals surface area contributed by atoms with E-state index in [1.165, 1.54) is 6.92 Å². The maximum Gasteiger partial charge on any atom is 0.420 e. The Balaban J connectivity index is 1.72. The number of aliphatic imine (C=N–C) groups is 1. The molecule has 13 heteroatoms. The van der Waals surface area contributed by atoms with Gasteiger partial charge >= 0.3 is 12.4 Å². The van der Waals surface area contributed by atoms with Crippen LogP contribution in [0.5, 0.6) is 5.75 Å². The summed E-state index contributed by atoms with van der Waals surface area (Å²) in [4.78, 5) is 28.5. The molecule has 1 unspecified atom stereocenters. The molecule has 6 nitrogen and oxygen atoms in total. The van der Waals surface area contributed by atoms with Crippen LogP contribution in [0.15, 0.2) is 64.8 Å². The lowest BCUT2D eigenvalue weighted by Gasteiger charge is -2.30. The normalized spacial score (nSPS) is 15.0. The van der Waals surface area contributed by atoms with Gasteiger partial charge in [0.1, 0.15) is 17.0 Å². The molecule has 0 saturated carbocycles. The van der Waals surface area contributed by atoms with Crippen LogP contribution in [-0.2, 0) is 22.3 Å². The van der Waals surface area contributed by atoms with Gasteiger partial charge in [0, 0.05) is 30.7 Å². The molecule has 2 amide bonds. The number of hydrogen-bond acceptors (Lipinski definition) is 4. The largest absolute Gasteiger partial charge is 0.478 e. The van der Waals surface area contributed by atoms with E-state index >= 15 is 0 Å². The number of amides is 2. The number of nitrogens with zero attached hydrogens (tertiary/aromatic N) is 1. The first-order valence-electron chi connectivity index (χ1n) is 10.7. The van der Waals surface area contributed by atoms with Crippen LogP contribution in [-0.4, -0.2) is 36.4 Å². The summed E-state index contributed by atoms with van der Waals surface area (Å²) in [6, 6.07) is 10.2. The van der Waals surface area contributed by atoms with Crippen LogP contribution in [0.3, 0.4) is 0 Å². The Labute approximate surface area is 212 Å². The van der Waals surface area contributed by atoms with E-state index in [-0.39, 0.29) is 25.3 Å². The Bertz CT molecular complexity index is 1210. The van der Waals surface area contributed by atoms with Gasteiger partial charge in [-0.05, 0) is 48.9 Å². The molecule has 3 rings (SSSR count). The lowest BCUT2D eigenvalue weighted by molar-refractivity contribution is -0.138. The van der Waals surface area contributed by atoms with Gasteiger partial charge in [0.15, 0.2) is 5.60 Å². The highest BCUT2D eigenvalue weighted by Gasteiger charge is 2.41. The molecule has 2 aromatic rings. The molecule has 0 spiro atoms. The van der Waals surface area contributed by atoms with Crippen LogP contribution < -0.4 is 15.4 Å². The number of halogens is 7. The van der Waals surface area contributed by atoms with Crippen LogP contribution in [0.1, 0.15) is 24.5 Å². The Morgan fingerprint density at radius 3 is 2.05 bits per heavy atom. The standard InChI is InChI=1S/C24H20ClF6N3O3/c1-22(21(36)34-12-14-2-6-16(25)7-3-14,37-17-8-4-15(5-9-17)23(26,27)28)10-11-32-20(35)19-18(13-33-19)24(29,30)31/h2-9,13H,10-12H2,1H3,(H,32,35)(H,34,36). The Kier molecular flexibility index (Phi) is 8.21. The quantitative estimate of drug-likeness (QED) is 0.423. The van der Waals surface area contributed by atoms with Gasteiger partial charge < -0.3 is 15.4 Å². The topological polar surface area (TPSA) is 79.8 Å². The summed E-state index contributed by atoms with van der Waals surface area (Å²) < 4.78 is 82.9. The average molecular weight is 548 g/mol. The smallest absolute Gasteiger partial charge is 0.420 e. The highest BCUT2D eigenvalue weighted by Crippen LogP contribution is 2.33. The fourth-order valence-corrected chi connectivity index (χ4v) is 3.36. The Hall–Kier alpha value is -3.54. The van der Waals surface area contributed by atoms with Crippen molar-refractivity contribution in [3.05, 3.63) is 76.0 Å². The number of benzene rings is 2. The van der Waals surface area contributed by atoms with Gasteiger partial charge in [-0.15, -0.1) is 0 Å². The van der Waals surface area contributed by atoms with Crippen molar-refractivity contribution in [1.82, 2.24) is 10.6 Å². The first-order chi connectivity index (χ1) is 17.2. The highest BCUT2D eigenvalue weighted by molar-refractivity contribution is 6.30. The summed E-state index contributed by atoms with van der Waals surface area (Å²) in [6.07, 6.45) is -9.02. The van der Waals surface area contributed by atoms with Gasteiger partial charge in [0.05, 0.1) is 5.56 Å². The van der Waals surface area contributed by atoms with Crippen LogP contribution in [0.4, 0.5) is 26.3 Å². The number of rotatable bonds is 9. The van der Waals surface area contributed by atoms with Crippen LogP contribution in [0.25, 0.3) is 0 Å². The molecule has 1 aliphatic rings. The molecule has 2 aromatic carbocycles. The van der Waals surface area contributed by atoms with Gasteiger partial charge in [-0.2, -0.15) is 26.3 Å². The molecule has 1 heterocycles.